The topological polar surface area (TPSA) is 178 Å². The number of carbonyl (C=O) groups is 5. The van der Waals surface area contributed by atoms with Crippen molar-refractivity contribution in [1.82, 2.24) is 25.5 Å². The van der Waals surface area contributed by atoms with E-state index in [-0.39, 0.29) is 41.9 Å². The number of ether oxygens (including phenoxy) is 1. The highest BCUT2D eigenvalue weighted by Gasteiger charge is 2.64. The van der Waals surface area contributed by atoms with Gasteiger partial charge >= 0.3 is 0 Å². The standard InChI is InChI=1S/C42H45ClN8O6/c1-40(2)37(41(3,4)38(40)57-27-7-5-24(21-44)30(43)20-27)48-33(53)25-22-45-39(46-23-25)50-17-13-42(14-18-50)11-15-49(16-12-42)26-6-8-28-29(19-26)36(56)51(35(28)55)31-9-10-32(52)47-34(31)54/h5-8,19-20,22-23,31,37-38H,9-18H2,1-4H3,(H,48,53)(H,47,52,54). The van der Waals surface area contributed by atoms with Crippen LogP contribution in [-0.2, 0) is 9.59 Å². The van der Waals surface area contributed by atoms with E-state index in [1.165, 1.54) is 0 Å². The van der Waals surface area contributed by atoms with E-state index in [4.69, 9.17) is 16.3 Å². The molecule has 8 rings (SSSR count). The molecular weight excluding hydrogens is 748 g/mol. The monoisotopic (exact) mass is 792 g/mol. The van der Waals surface area contributed by atoms with Crippen LogP contribution in [0.4, 0.5) is 11.6 Å². The molecule has 1 aromatic heterocycles. The van der Waals surface area contributed by atoms with Crippen LogP contribution in [-0.4, -0.2) is 88.8 Å². The number of piperidine rings is 3. The minimum Gasteiger partial charge on any atom is -0.489 e. The van der Waals surface area contributed by atoms with Crippen LogP contribution in [0.1, 0.15) is 103 Å². The van der Waals surface area contributed by atoms with Crippen molar-refractivity contribution in [3.8, 4) is 11.8 Å². The summed E-state index contributed by atoms with van der Waals surface area (Å²) in [5.41, 5.74) is 1.59. The van der Waals surface area contributed by atoms with E-state index in [0.29, 0.717) is 33.4 Å². The van der Waals surface area contributed by atoms with E-state index in [2.05, 4.69) is 64.2 Å². The van der Waals surface area contributed by atoms with E-state index >= 15 is 0 Å². The van der Waals surface area contributed by atoms with Gasteiger partial charge in [-0.15, -0.1) is 0 Å². The Morgan fingerprint density at radius 3 is 2.14 bits per heavy atom. The Morgan fingerprint density at radius 1 is 0.895 bits per heavy atom. The molecule has 4 fully saturated rings. The zero-order valence-corrected chi connectivity index (χ0v) is 33.2. The van der Waals surface area contributed by atoms with Crippen molar-refractivity contribution < 1.29 is 28.7 Å². The zero-order chi connectivity index (χ0) is 40.4. The molecule has 15 heteroatoms. The highest BCUT2D eigenvalue weighted by Crippen LogP contribution is 2.55. The van der Waals surface area contributed by atoms with E-state index in [1.54, 1.807) is 42.7 Å². The second kappa shape index (κ2) is 14.1. The molecular formula is C42H45ClN8O6. The third kappa shape index (κ3) is 6.65. The zero-order valence-electron chi connectivity index (χ0n) is 32.4. The van der Waals surface area contributed by atoms with Gasteiger partial charge in [-0.2, -0.15) is 5.26 Å². The molecule has 57 heavy (non-hydrogen) atoms. The van der Waals surface area contributed by atoms with Crippen LogP contribution in [0, 0.1) is 27.6 Å². The number of aromatic nitrogens is 2. The summed E-state index contributed by atoms with van der Waals surface area (Å²) in [6.45, 7) is 11.5. The molecule has 0 radical (unpaired) electrons. The second-order valence-corrected chi connectivity index (χ2v) is 17.6. The van der Waals surface area contributed by atoms with Gasteiger partial charge in [-0.05, 0) is 67.9 Å². The average Bonchev–Trinajstić information content (AvgIpc) is 3.44. The van der Waals surface area contributed by atoms with Crippen LogP contribution in [0.2, 0.25) is 5.02 Å². The number of hydrogen-bond donors (Lipinski definition) is 2. The van der Waals surface area contributed by atoms with Crippen LogP contribution in [0.15, 0.2) is 48.8 Å². The molecule has 5 heterocycles. The van der Waals surface area contributed by atoms with E-state index in [1.807, 2.05) is 6.07 Å². The molecule has 3 saturated heterocycles. The number of carbonyl (C=O) groups excluding carboxylic acids is 5. The average molecular weight is 793 g/mol. The fraction of sp³-hybridized carbons (Fsp3) is 0.476. The van der Waals surface area contributed by atoms with Gasteiger partial charge in [-0.1, -0.05) is 39.3 Å². The number of rotatable bonds is 7. The first-order chi connectivity index (χ1) is 27.1. The Kier molecular flexibility index (Phi) is 9.50. The molecule has 1 atom stereocenters. The minimum absolute atomic E-state index is 0.0809. The van der Waals surface area contributed by atoms with Crippen LogP contribution in [0.3, 0.4) is 0 Å². The molecule has 1 unspecified atom stereocenters. The van der Waals surface area contributed by atoms with Gasteiger partial charge in [0.2, 0.25) is 17.8 Å². The third-order valence-corrected chi connectivity index (χ3v) is 13.4. The summed E-state index contributed by atoms with van der Waals surface area (Å²) in [6.07, 6.45) is 7.08. The van der Waals surface area contributed by atoms with Gasteiger partial charge in [0.25, 0.3) is 17.7 Å². The van der Waals surface area contributed by atoms with Crippen LogP contribution >= 0.6 is 11.6 Å². The Bertz CT molecular complexity index is 2200. The number of anilines is 2. The second-order valence-electron chi connectivity index (χ2n) is 17.2. The number of halogens is 1. The Hall–Kier alpha value is -5.55. The highest BCUT2D eigenvalue weighted by molar-refractivity contribution is 6.31. The quantitative estimate of drug-likeness (QED) is 0.311. The van der Waals surface area contributed by atoms with Gasteiger partial charge in [0.05, 0.1) is 27.3 Å². The van der Waals surface area contributed by atoms with Gasteiger partial charge in [0.15, 0.2) is 0 Å². The summed E-state index contributed by atoms with van der Waals surface area (Å²) in [4.78, 5) is 78.7. The lowest BCUT2D eigenvalue weighted by molar-refractivity contribution is -0.164. The van der Waals surface area contributed by atoms with Crippen molar-refractivity contribution in [2.45, 2.75) is 84.4 Å². The van der Waals surface area contributed by atoms with Gasteiger partial charge in [-0.25, -0.2) is 9.97 Å². The summed E-state index contributed by atoms with van der Waals surface area (Å²) in [7, 11) is 0. The third-order valence-electron chi connectivity index (χ3n) is 13.0. The smallest absolute Gasteiger partial charge is 0.262 e. The van der Waals surface area contributed by atoms with E-state index < -0.39 is 40.5 Å². The lowest BCUT2D eigenvalue weighted by atomic mass is 9.49. The fourth-order valence-electron chi connectivity index (χ4n) is 9.99. The number of nitriles is 1. The number of fused-ring (bicyclic) bond motifs is 1. The van der Waals surface area contributed by atoms with Crippen molar-refractivity contribution in [2.24, 2.45) is 16.2 Å². The van der Waals surface area contributed by atoms with Crippen molar-refractivity contribution in [2.75, 3.05) is 36.0 Å². The summed E-state index contributed by atoms with van der Waals surface area (Å²) in [5.74, 6) is -1.10. The minimum atomic E-state index is -0.987. The summed E-state index contributed by atoms with van der Waals surface area (Å²) < 4.78 is 6.36. The number of imide groups is 2. The number of hydrogen-bond acceptors (Lipinski definition) is 11. The number of nitrogens with one attached hydrogen (secondary N) is 2. The van der Waals surface area contributed by atoms with Crippen molar-refractivity contribution in [3.63, 3.8) is 0 Å². The summed E-state index contributed by atoms with van der Waals surface area (Å²) in [5, 5.41) is 15.0. The summed E-state index contributed by atoms with van der Waals surface area (Å²) >= 11 is 6.24. The molecule has 1 saturated carbocycles. The molecule has 3 aromatic rings. The predicted octanol–water partition coefficient (Wildman–Crippen LogP) is 4.90. The number of benzene rings is 2. The van der Waals surface area contributed by atoms with Crippen molar-refractivity contribution >= 4 is 52.8 Å². The number of nitrogens with zero attached hydrogens (tertiary/aromatic N) is 6. The van der Waals surface area contributed by atoms with Gasteiger partial charge in [-0.3, -0.25) is 34.2 Å². The molecule has 0 bridgehead atoms. The largest absolute Gasteiger partial charge is 0.489 e. The first-order valence-corrected chi connectivity index (χ1v) is 19.8. The maximum atomic E-state index is 13.5. The van der Waals surface area contributed by atoms with Gasteiger partial charge in [0.1, 0.15) is 24.0 Å². The van der Waals surface area contributed by atoms with Crippen LogP contribution in [0.5, 0.6) is 5.75 Å². The Labute approximate surface area is 335 Å². The van der Waals surface area contributed by atoms with E-state index in [9.17, 15) is 29.2 Å². The van der Waals surface area contributed by atoms with Crippen molar-refractivity contribution in [1.29, 1.82) is 5.26 Å². The molecule has 2 N–H and O–H groups in total. The first-order valence-electron chi connectivity index (χ1n) is 19.5. The first kappa shape index (κ1) is 38.3. The highest BCUT2D eigenvalue weighted by atomic mass is 35.5. The lowest BCUT2D eigenvalue weighted by Gasteiger charge is -2.63. The molecule has 1 aliphatic carbocycles. The molecule has 14 nitrogen and oxygen atoms in total. The van der Waals surface area contributed by atoms with Gasteiger partial charge < -0.3 is 19.9 Å². The molecule has 5 amide bonds. The van der Waals surface area contributed by atoms with Crippen molar-refractivity contribution in [3.05, 3.63) is 76.1 Å². The lowest BCUT2D eigenvalue weighted by Crippen LogP contribution is -2.74. The Balaban J connectivity index is 0.835. The predicted molar refractivity (Wildman–Crippen MR) is 210 cm³/mol. The van der Waals surface area contributed by atoms with Crippen LogP contribution in [0.25, 0.3) is 0 Å². The van der Waals surface area contributed by atoms with Crippen LogP contribution < -0.4 is 25.2 Å². The normalized spacial score (nSPS) is 24.7. The Morgan fingerprint density at radius 2 is 1.53 bits per heavy atom. The SMILES string of the molecule is CC1(C)C(NC(=O)c2cnc(N3CCC4(CCN(c5ccc6c(c5)C(=O)N(C5CCC(=O)NC5=O)C6=O)CC4)CC3)nc2)C(C)(C)C1Oc1ccc(C#N)c(Cl)c1. The van der Waals surface area contributed by atoms with E-state index in [0.717, 1.165) is 62.4 Å². The molecule has 4 aliphatic heterocycles. The van der Waals surface area contributed by atoms with Gasteiger partial charge in [0, 0.05) is 73.6 Å². The molecule has 5 aliphatic rings. The fourth-order valence-corrected chi connectivity index (χ4v) is 10.2. The molecule has 296 valence electrons. The maximum Gasteiger partial charge on any atom is 0.262 e. The number of amides is 5. The molecule has 1 spiro atoms. The summed E-state index contributed by atoms with van der Waals surface area (Å²) in [6, 6.07) is 11.2. The molecule has 2 aromatic carbocycles. The maximum absolute atomic E-state index is 13.5.